The van der Waals surface area contributed by atoms with E-state index in [1.807, 2.05) is 0 Å². The molecular formula is C17H33N3. The highest BCUT2D eigenvalue weighted by Crippen LogP contribution is 2.40. The number of hydrogen-bond acceptors (Lipinski definition) is 3. The van der Waals surface area contributed by atoms with Crippen molar-refractivity contribution >= 4 is 0 Å². The second kappa shape index (κ2) is 5.94. The summed E-state index contributed by atoms with van der Waals surface area (Å²) in [5.74, 6) is 0.976. The van der Waals surface area contributed by atoms with Gasteiger partial charge in [0.05, 0.1) is 0 Å². The lowest BCUT2D eigenvalue weighted by molar-refractivity contribution is 0.0574. The summed E-state index contributed by atoms with van der Waals surface area (Å²) in [6.45, 7) is 9.38. The summed E-state index contributed by atoms with van der Waals surface area (Å²) in [5.41, 5.74) is 6.56. The molecule has 1 saturated carbocycles. The van der Waals surface area contributed by atoms with Crippen LogP contribution in [-0.2, 0) is 0 Å². The number of rotatable bonds is 5. The zero-order valence-corrected chi connectivity index (χ0v) is 13.5. The molecule has 2 atom stereocenters. The van der Waals surface area contributed by atoms with E-state index in [4.69, 9.17) is 5.73 Å². The van der Waals surface area contributed by atoms with Crippen LogP contribution in [0.1, 0.15) is 58.8 Å². The van der Waals surface area contributed by atoms with Gasteiger partial charge in [-0.1, -0.05) is 19.8 Å². The van der Waals surface area contributed by atoms with E-state index in [0.717, 1.165) is 24.5 Å². The number of nitrogens with zero attached hydrogens (tertiary/aromatic N) is 2. The summed E-state index contributed by atoms with van der Waals surface area (Å²) in [6.07, 6.45) is 9.69. The average molecular weight is 279 g/mol. The topological polar surface area (TPSA) is 32.5 Å². The molecule has 3 fully saturated rings. The van der Waals surface area contributed by atoms with Crippen molar-refractivity contribution in [3.05, 3.63) is 0 Å². The van der Waals surface area contributed by atoms with Crippen molar-refractivity contribution in [2.45, 2.75) is 76.4 Å². The van der Waals surface area contributed by atoms with Crippen molar-refractivity contribution in [1.29, 1.82) is 0 Å². The zero-order chi connectivity index (χ0) is 14.2. The minimum absolute atomic E-state index is 0.291. The Morgan fingerprint density at radius 1 is 1.15 bits per heavy atom. The normalized spacial score (nSPS) is 37.6. The van der Waals surface area contributed by atoms with Gasteiger partial charge >= 0.3 is 0 Å². The predicted molar refractivity (Wildman–Crippen MR) is 84.8 cm³/mol. The Hall–Kier alpha value is -0.120. The fraction of sp³-hybridized carbons (Fsp3) is 1.00. The van der Waals surface area contributed by atoms with E-state index in [1.165, 1.54) is 64.6 Å². The molecule has 0 aromatic rings. The lowest BCUT2D eigenvalue weighted by Crippen LogP contribution is -2.58. The van der Waals surface area contributed by atoms with Crippen molar-refractivity contribution < 1.29 is 0 Å². The van der Waals surface area contributed by atoms with E-state index in [9.17, 15) is 0 Å². The molecule has 20 heavy (non-hydrogen) atoms. The molecule has 116 valence electrons. The summed E-state index contributed by atoms with van der Waals surface area (Å²) >= 11 is 0. The van der Waals surface area contributed by atoms with Gasteiger partial charge in [0.1, 0.15) is 0 Å². The van der Waals surface area contributed by atoms with Gasteiger partial charge in [0.25, 0.3) is 0 Å². The van der Waals surface area contributed by atoms with Crippen LogP contribution < -0.4 is 5.73 Å². The van der Waals surface area contributed by atoms with Gasteiger partial charge in [0.15, 0.2) is 0 Å². The van der Waals surface area contributed by atoms with Gasteiger partial charge in [-0.3, -0.25) is 9.80 Å². The van der Waals surface area contributed by atoms with Gasteiger partial charge in [0.2, 0.25) is 0 Å². The molecule has 2 aliphatic heterocycles. The molecule has 2 N–H and O–H groups in total. The van der Waals surface area contributed by atoms with Gasteiger partial charge < -0.3 is 5.73 Å². The molecule has 0 bridgehead atoms. The minimum Gasteiger partial charge on any atom is -0.329 e. The molecule has 3 heteroatoms. The Kier molecular flexibility index (Phi) is 4.40. The van der Waals surface area contributed by atoms with Crippen molar-refractivity contribution in [1.82, 2.24) is 9.80 Å². The standard InChI is InChI=1S/C17H33N3/c1-3-4-15-7-9-19(10-8-15)17(12-18)11-14(2)20(13-17)16-5-6-16/h14-16H,3-13,18H2,1-2H3. The van der Waals surface area contributed by atoms with Crippen LogP contribution in [0.15, 0.2) is 0 Å². The summed E-state index contributed by atoms with van der Waals surface area (Å²) in [7, 11) is 0. The monoisotopic (exact) mass is 279 g/mol. The Balaban J connectivity index is 1.62. The molecule has 0 radical (unpaired) electrons. The fourth-order valence-corrected chi connectivity index (χ4v) is 4.73. The first kappa shape index (κ1) is 14.8. The van der Waals surface area contributed by atoms with Crippen LogP contribution in [0.3, 0.4) is 0 Å². The second-order valence-corrected chi connectivity index (χ2v) is 7.60. The summed E-state index contributed by atoms with van der Waals surface area (Å²) in [6, 6.07) is 1.62. The van der Waals surface area contributed by atoms with Crippen LogP contribution in [0, 0.1) is 5.92 Å². The number of piperidine rings is 1. The van der Waals surface area contributed by atoms with Crippen LogP contribution in [0.2, 0.25) is 0 Å². The van der Waals surface area contributed by atoms with Gasteiger partial charge in [-0.25, -0.2) is 0 Å². The third-order valence-electron chi connectivity index (χ3n) is 6.10. The number of likely N-dealkylation sites (tertiary alicyclic amines) is 2. The highest BCUT2D eigenvalue weighted by atomic mass is 15.3. The largest absolute Gasteiger partial charge is 0.329 e. The SMILES string of the molecule is CCCC1CCN(C2(CN)CC(C)N(C3CC3)C2)CC1. The second-order valence-electron chi connectivity index (χ2n) is 7.60. The number of nitrogens with two attached hydrogens (primary N) is 1. The molecule has 0 aromatic carbocycles. The van der Waals surface area contributed by atoms with Crippen molar-refractivity contribution in [3.8, 4) is 0 Å². The minimum atomic E-state index is 0.291. The molecule has 2 heterocycles. The fourth-order valence-electron chi connectivity index (χ4n) is 4.73. The van der Waals surface area contributed by atoms with Crippen LogP contribution >= 0.6 is 0 Å². The van der Waals surface area contributed by atoms with E-state index in [1.54, 1.807) is 0 Å². The Morgan fingerprint density at radius 2 is 1.85 bits per heavy atom. The third kappa shape index (κ3) is 2.77. The quantitative estimate of drug-likeness (QED) is 0.839. The molecule has 0 aromatic heterocycles. The Labute approximate surface area is 124 Å². The van der Waals surface area contributed by atoms with Crippen LogP contribution in [0.4, 0.5) is 0 Å². The van der Waals surface area contributed by atoms with E-state index >= 15 is 0 Å². The lowest BCUT2D eigenvalue weighted by Gasteiger charge is -2.44. The van der Waals surface area contributed by atoms with Gasteiger partial charge in [-0.2, -0.15) is 0 Å². The van der Waals surface area contributed by atoms with Gasteiger partial charge in [0, 0.05) is 30.7 Å². The first-order chi connectivity index (χ1) is 9.68. The van der Waals surface area contributed by atoms with Gasteiger partial charge in [-0.15, -0.1) is 0 Å². The maximum atomic E-state index is 6.27. The first-order valence-corrected chi connectivity index (χ1v) is 8.89. The Morgan fingerprint density at radius 3 is 2.40 bits per heavy atom. The zero-order valence-electron chi connectivity index (χ0n) is 13.5. The molecule has 1 aliphatic carbocycles. The van der Waals surface area contributed by atoms with E-state index < -0.39 is 0 Å². The molecule has 3 nitrogen and oxygen atoms in total. The van der Waals surface area contributed by atoms with E-state index in [2.05, 4.69) is 23.6 Å². The first-order valence-electron chi connectivity index (χ1n) is 8.89. The highest BCUT2D eigenvalue weighted by molar-refractivity contribution is 5.07. The van der Waals surface area contributed by atoms with Crippen LogP contribution in [0.25, 0.3) is 0 Å². The smallest absolute Gasteiger partial charge is 0.0473 e. The number of hydrogen-bond donors (Lipinski definition) is 1. The average Bonchev–Trinajstić information content (AvgIpc) is 3.24. The van der Waals surface area contributed by atoms with E-state index in [0.29, 0.717) is 5.54 Å². The third-order valence-corrected chi connectivity index (χ3v) is 6.10. The molecule has 3 aliphatic rings. The Bertz CT molecular complexity index is 320. The van der Waals surface area contributed by atoms with Crippen LogP contribution in [0.5, 0.6) is 0 Å². The van der Waals surface area contributed by atoms with Crippen molar-refractivity contribution in [2.24, 2.45) is 11.7 Å². The van der Waals surface area contributed by atoms with Crippen LogP contribution in [-0.4, -0.2) is 53.6 Å². The maximum absolute atomic E-state index is 6.27. The predicted octanol–water partition coefficient (Wildman–Crippen LogP) is 2.45. The molecular weight excluding hydrogens is 246 g/mol. The molecule has 2 saturated heterocycles. The van der Waals surface area contributed by atoms with Crippen molar-refractivity contribution in [2.75, 3.05) is 26.2 Å². The summed E-state index contributed by atoms with van der Waals surface area (Å²) in [5, 5.41) is 0. The van der Waals surface area contributed by atoms with E-state index in [-0.39, 0.29) is 0 Å². The molecule has 2 unspecified atom stereocenters. The van der Waals surface area contributed by atoms with Gasteiger partial charge in [-0.05, 0) is 58.0 Å². The summed E-state index contributed by atoms with van der Waals surface area (Å²) < 4.78 is 0. The summed E-state index contributed by atoms with van der Waals surface area (Å²) in [4.78, 5) is 5.52. The van der Waals surface area contributed by atoms with Crippen molar-refractivity contribution in [3.63, 3.8) is 0 Å². The maximum Gasteiger partial charge on any atom is 0.0473 e. The molecule has 3 rings (SSSR count). The molecule has 0 spiro atoms. The molecule has 0 amide bonds. The highest BCUT2D eigenvalue weighted by Gasteiger charge is 2.49. The lowest BCUT2D eigenvalue weighted by atomic mass is 9.87.